The SMILES string of the molecule is Cc1c(C)c(C)c2c(c1C)Cc1ccccc1-2.c1ccc(-c2ccccc2)cc1. The van der Waals surface area contributed by atoms with Crippen molar-refractivity contribution < 1.29 is 0 Å². The summed E-state index contributed by atoms with van der Waals surface area (Å²) in [5.41, 5.74) is 14.4. The van der Waals surface area contributed by atoms with Crippen molar-refractivity contribution >= 4 is 0 Å². The first-order valence-corrected chi connectivity index (χ1v) is 10.4. The third-order valence-electron chi connectivity index (χ3n) is 6.35. The Kier molecular flexibility index (Phi) is 5.36. The largest absolute Gasteiger partial charge is 0.0622 e. The Morgan fingerprint density at radius 1 is 0.483 bits per heavy atom. The van der Waals surface area contributed by atoms with Crippen LogP contribution in [0.4, 0.5) is 0 Å². The van der Waals surface area contributed by atoms with Gasteiger partial charge in [0.2, 0.25) is 0 Å². The van der Waals surface area contributed by atoms with Gasteiger partial charge in [-0.05, 0) is 89.8 Å². The lowest BCUT2D eigenvalue weighted by Gasteiger charge is -2.16. The van der Waals surface area contributed by atoms with E-state index in [4.69, 9.17) is 0 Å². The van der Waals surface area contributed by atoms with Crippen LogP contribution in [0, 0.1) is 27.7 Å². The molecule has 144 valence electrons. The maximum atomic E-state index is 2.27. The minimum atomic E-state index is 1.11. The average Bonchev–Trinajstić information content (AvgIpc) is 3.18. The van der Waals surface area contributed by atoms with Gasteiger partial charge in [0.15, 0.2) is 0 Å². The number of fused-ring (bicyclic) bond motifs is 3. The molecule has 5 rings (SSSR count). The van der Waals surface area contributed by atoms with E-state index in [1.807, 2.05) is 12.1 Å². The fraction of sp³-hybridized carbons (Fsp3) is 0.172. The van der Waals surface area contributed by atoms with E-state index >= 15 is 0 Å². The van der Waals surface area contributed by atoms with Crippen LogP contribution >= 0.6 is 0 Å². The van der Waals surface area contributed by atoms with E-state index in [0.717, 1.165) is 6.42 Å². The normalized spacial score (nSPS) is 11.3. The maximum absolute atomic E-state index is 2.27. The molecular weight excluding hydrogens is 348 g/mol. The topological polar surface area (TPSA) is 0 Å². The van der Waals surface area contributed by atoms with Crippen LogP contribution in [0.25, 0.3) is 22.3 Å². The number of hydrogen-bond donors (Lipinski definition) is 0. The molecule has 0 N–H and O–H groups in total. The molecule has 0 radical (unpaired) electrons. The van der Waals surface area contributed by atoms with E-state index < -0.39 is 0 Å². The Morgan fingerprint density at radius 2 is 0.966 bits per heavy atom. The maximum Gasteiger partial charge on any atom is -0.00106 e. The lowest BCUT2D eigenvalue weighted by molar-refractivity contribution is 1.15. The molecule has 0 atom stereocenters. The summed E-state index contributed by atoms with van der Waals surface area (Å²) in [4.78, 5) is 0. The molecule has 0 spiro atoms. The quantitative estimate of drug-likeness (QED) is 0.279. The van der Waals surface area contributed by atoms with Crippen LogP contribution < -0.4 is 0 Å². The second-order valence-corrected chi connectivity index (χ2v) is 7.92. The lowest BCUT2D eigenvalue weighted by Crippen LogP contribution is -1.98. The van der Waals surface area contributed by atoms with Gasteiger partial charge in [0.1, 0.15) is 0 Å². The third kappa shape index (κ3) is 3.63. The molecule has 4 aromatic carbocycles. The molecule has 0 aromatic heterocycles. The molecule has 0 bridgehead atoms. The highest BCUT2D eigenvalue weighted by Gasteiger charge is 2.23. The van der Waals surface area contributed by atoms with E-state index in [2.05, 4.69) is 100 Å². The molecule has 29 heavy (non-hydrogen) atoms. The molecule has 0 amide bonds. The third-order valence-corrected chi connectivity index (χ3v) is 6.35. The molecular formula is C29H28. The van der Waals surface area contributed by atoms with Gasteiger partial charge in [-0.3, -0.25) is 0 Å². The van der Waals surface area contributed by atoms with Gasteiger partial charge in [-0.1, -0.05) is 84.9 Å². The minimum absolute atomic E-state index is 1.11. The van der Waals surface area contributed by atoms with Gasteiger partial charge in [-0.15, -0.1) is 0 Å². The smallest absolute Gasteiger partial charge is 0.00106 e. The summed E-state index contributed by atoms with van der Waals surface area (Å²) < 4.78 is 0. The fourth-order valence-electron chi connectivity index (χ4n) is 4.35. The van der Waals surface area contributed by atoms with Gasteiger partial charge in [0.25, 0.3) is 0 Å². The van der Waals surface area contributed by atoms with E-state index in [0.29, 0.717) is 0 Å². The number of rotatable bonds is 1. The molecule has 0 heteroatoms. The summed E-state index contributed by atoms with van der Waals surface area (Å²) >= 11 is 0. The van der Waals surface area contributed by atoms with Crippen LogP contribution in [0.15, 0.2) is 84.9 Å². The first kappa shape index (κ1) is 19.2. The van der Waals surface area contributed by atoms with Crippen molar-refractivity contribution in [3.8, 4) is 22.3 Å². The summed E-state index contributed by atoms with van der Waals surface area (Å²) in [6.07, 6.45) is 1.11. The summed E-state index contributed by atoms with van der Waals surface area (Å²) in [6, 6.07) is 29.6. The van der Waals surface area contributed by atoms with Crippen molar-refractivity contribution in [2.75, 3.05) is 0 Å². The van der Waals surface area contributed by atoms with Crippen LogP contribution in [0.5, 0.6) is 0 Å². The Balaban J connectivity index is 0.000000150. The van der Waals surface area contributed by atoms with Crippen molar-refractivity contribution in [3.05, 3.63) is 118 Å². The standard InChI is InChI=1S/C17H18.C12H10/c1-10-11(2)13(4)17-15-8-6-5-7-14(15)9-16(17)12(10)3;1-3-7-11(8-4-1)12-9-5-2-6-10-12/h5-8H,9H2,1-4H3;1-10H. The first-order valence-electron chi connectivity index (χ1n) is 10.4. The Bertz CT molecular complexity index is 1100. The summed E-state index contributed by atoms with van der Waals surface area (Å²) in [6.45, 7) is 9.04. The highest BCUT2D eigenvalue weighted by Crippen LogP contribution is 2.42. The molecule has 0 fully saturated rings. The van der Waals surface area contributed by atoms with Crippen molar-refractivity contribution in [1.82, 2.24) is 0 Å². The van der Waals surface area contributed by atoms with Crippen molar-refractivity contribution in [3.63, 3.8) is 0 Å². The van der Waals surface area contributed by atoms with Crippen molar-refractivity contribution in [2.45, 2.75) is 34.1 Å². The van der Waals surface area contributed by atoms with Gasteiger partial charge in [0, 0.05) is 0 Å². The second kappa shape index (κ2) is 8.09. The lowest BCUT2D eigenvalue weighted by atomic mass is 9.89. The molecule has 1 aliphatic rings. The average molecular weight is 377 g/mol. The molecule has 0 aliphatic heterocycles. The van der Waals surface area contributed by atoms with E-state index in [1.165, 1.54) is 50.1 Å². The second-order valence-electron chi connectivity index (χ2n) is 7.92. The number of benzene rings is 4. The highest BCUT2D eigenvalue weighted by atomic mass is 14.3. The Hall–Kier alpha value is -3.12. The highest BCUT2D eigenvalue weighted by molar-refractivity contribution is 5.82. The first-order chi connectivity index (χ1) is 14.1. The molecule has 1 aliphatic carbocycles. The van der Waals surface area contributed by atoms with Gasteiger partial charge in [0.05, 0.1) is 0 Å². The van der Waals surface area contributed by atoms with Gasteiger partial charge >= 0.3 is 0 Å². The van der Waals surface area contributed by atoms with Crippen LogP contribution in [0.3, 0.4) is 0 Å². The van der Waals surface area contributed by atoms with E-state index in [9.17, 15) is 0 Å². The van der Waals surface area contributed by atoms with Gasteiger partial charge < -0.3 is 0 Å². The zero-order valence-corrected chi connectivity index (χ0v) is 17.8. The zero-order valence-electron chi connectivity index (χ0n) is 17.8. The van der Waals surface area contributed by atoms with Crippen molar-refractivity contribution in [2.24, 2.45) is 0 Å². The molecule has 0 saturated carbocycles. The summed E-state index contributed by atoms with van der Waals surface area (Å²) in [7, 11) is 0. The van der Waals surface area contributed by atoms with Crippen molar-refractivity contribution in [1.29, 1.82) is 0 Å². The van der Waals surface area contributed by atoms with Crippen LogP contribution in [-0.4, -0.2) is 0 Å². The minimum Gasteiger partial charge on any atom is -0.0622 e. The van der Waals surface area contributed by atoms with Gasteiger partial charge in [-0.25, -0.2) is 0 Å². The Morgan fingerprint density at radius 3 is 1.55 bits per heavy atom. The van der Waals surface area contributed by atoms with Crippen LogP contribution in [0.1, 0.15) is 33.4 Å². The molecule has 0 saturated heterocycles. The summed E-state index contributed by atoms with van der Waals surface area (Å²) in [5, 5.41) is 0. The predicted molar refractivity (Wildman–Crippen MR) is 126 cm³/mol. The molecule has 0 nitrogen and oxygen atoms in total. The predicted octanol–water partition coefficient (Wildman–Crippen LogP) is 7.85. The molecule has 0 heterocycles. The van der Waals surface area contributed by atoms with Crippen LogP contribution in [0.2, 0.25) is 0 Å². The Labute approximate surface area is 174 Å². The van der Waals surface area contributed by atoms with Gasteiger partial charge in [-0.2, -0.15) is 0 Å². The van der Waals surface area contributed by atoms with E-state index in [1.54, 1.807) is 5.56 Å². The summed E-state index contributed by atoms with van der Waals surface area (Å²) in [5.74, 6) is 0. The fourth-order valence-corrected chi connectivity index (χ4v) is 4.35. The monoisotopic (exact) mass is 376 g/mol. The molecule has 0 unspecified atom stereocenters. The number of hydrogen-bond acceptors (Lipinski definition) is 0. The van der Waals surface area contributed by atoms with E-state index in [-0.39, 0.29) is 0 Å². The van der Waals surface area contributed by atoms with Crippen LogP contribution in [-0.2, 0) is 6.42 Å². The molecule has 4 aromatic rings. The zero-order chi connectivity index (χ0) is 20.4.